The summed E-state index contributed by atoms with van der Waals surface area (Å²) < 4.78 is 52.4. The van der Waals surface area contributed by atoms with E-state index in [-0.39, 0.29) is 36.6 Å². The number of Topliss-reactive ketones (excluding diaryl/α,β-unsaturated/α-hetero) is 1. The van der Waals surface area contributed by atoms with Gasteiger partial charge in [0.1, 0.15) is 29.4 Å². The van der Waals surface area contributed by atoms with Crippen molar-refractivity contribution in [3.63, 3.8) is 0 Å². The Morgan fingerprint density at radius 3 is 2.55 bits per heavy atom. The van der Waals surface area contributed by atoms with Crippen LogP contribution in [0.3, 0.4) is 0 Å². The molecule has 1 aliphatic rings. The van der Waals surface area contributed by atoms with E-state index in [2.05, 4.69) is 21.0 Å². The Hall–Kier alpha value is -4.14. The average Bonchev–Trinajstić information content (AvgIpc) is 2.97. The maximum Gasteiger partial charge on any atom is 0.250 e. The van der Waals surface area contributed by atoms with E-state index in [0.717, 1.165) is 12.7 Å². The Kier molecular flexibility index (Phi) is 11.7. The number of benzene rings is 1. The average molecular weight is 584 g/mol. The fraction of sp³-hybridized carbons (Fsp3) is 0.375. The number of nitrogens with one attached hydrogen (secondary N) is 1. The lowest BCUT2D eigenvalue weighted by Gasteiger charge is -2.26. The molecular weight excluding hydrogens is 547 g/mol. The zero-order valence-electron chi connectivity index (χ0n) is 24.2. The molecule has 224 valence electrons. The second-order valence-electron chi connectivity index (χ2n) is 10.2. The van der Waals surface area contributed by atoms with Crippen molar-refractivity contribution in [2.75, 3.05) is 19.0 Å². The highest BCUT2D eigenvalue weighted by Gasteiger charge is 2.36. The van der Waals surface area contributed by atoms with Crippen LogP contribution in [0.15, 0.2) is 83.6 Å². The third kappa shape index (κ3) is 8.68. The molecule has 2 aromatic rings. The molecule has 0 saturated carbocycles. The predicted octanol–water partition coefficient (Wildman–Crippen LogP) is 7.04. The monoisotopic (exact) mass is 583 g/mol. The molecular formula is C32H36F3N3O4. The molecule has 42 heavy (non-hydrogen) atoms. The Balaban J connectivity index is 1.68. The number of carbonyl (C=O) groups excluding carboxylic acids is 1. The van der Waals surface area contributed by atoms with Crippen molar-refractivity contribution in [2.45, 2.75) is 59.3 Å². The van der Waals surface area contributed by atoms with Crippen LogP contribution in [-0.2, 0) is 20.7 Å². The molecule has 0 spiro atoms. The molecule has 0 fully saturated rings. The summed E-state index contributed by atoms with van der Waals surface area (Å²) >= 11 is 0. The number of hydrogen-bond acceptors (Lipinski definition) is 7. The maximum absolute atomic E-state index is 15.0. The molecule has 10 heteroatoms. The van der Waals surface area contributed by atoms with Gasteiger partial charge in [0.05, 0.1) is 18.2 Å². The minimum atomic E-state index is -2.65. The van der Waals surface area contributed by atoms with Crippen LogP contribution in [0.2, 0.25) is 0 Å². The van der Waals surface area contributed by atoms with E-state index in [9.17, 15) is 18.0 Å². The van der Waals surface area contributed by atoms with Crippen LogP contribution >= 0.6 is 0 Å². The lowest BCUT2D eigenvalue weighted by atomic mass is 9.89. The van der Waals surface area contributed by atoms with Crippen LogP contribution in [0.5, 0.6) is 0 Å². The van der Waals surface area contributed by atoms with E-state index in [0.29, 0.717) is 46.9 Å². The molecule has 0 amide bonds. The van der Waals surface area contributed by atoms with E-state index in [1.54, 1.807) is 25.6 Å². The number of unbranched alkanes of at least 4 members (excludes halogenated alkanes) is 1. The van der Waals surface area contributed by atoms with E-state index in [4.69, 9.17) is 14.6 Å². The molecule has 2 heterocycles. The van der Waals surface area contributed by atoms with Crippen LogP contribution in [0, 0.1) is 11.2 Å². The second kappa shape index (κ2) is 15.2. The van der Waals surface area contributed by atoms with Crippen molar-refractivity contribution in [1.29, 1.82) is 0 Å². The van der Waals surface area contributed by atoms with Crippen molar-refractivity contribution in [3.05, 3.63) is 95.0 Å². The summed E-state index contributed by atoms with van der Waals surface area (Å²) in [4.78, 5) is 21.4. The number of carbonyl (C=O) groups is 1. The molecule has 0 unspecified atom stereocenters. The number of alkyl halides is 2. The summed E-state index contributed by atoms with van der Waals surface area (Å²) in [7, 11) is 1.57. The minimum absolute atomic E-state index is 0.0449. The van der Waals surface area contributed by atoms with Crippen molar-refractivity contribution < 1.29 is 32.5 Å². The zero-order valence-corrected chi connectivity index (χ0v) is 24.2. The Bertz CT molecular complexity index is 1410. The zero-order chi connectivity index (χ0) is 30.7. The number of anilines is 1. The number of aliphatic hydroxyl groups excluding tert-OH is 1. The third-order valence-electron chi connectivity index (χ3n) is 6.56. The molecule has 1 aliphatic heterocycles. The highest BCUT2D eigenvalue weighted by molar-refractivity contribution is 5.84. The molecule has 0 radical (unpaired) electrons. The molecule has 1 aromatic heterocycles. The lowest BCUT2D eigenvalue weighted by Crippen LogP contribution is -2.26. The quantitative estimate of drug-likeness (QED) is 0.101. The van der Waals surface area contributed by atoms with Gasteiger partial charge in [-0.1, -0.05) is 30.9 Å². The van der Waals surface area contributed by atoms with Crippen molar-refractivity contribution in [1.82, 2.24) is 9.97 Å². The fourth-order valence-corrected chi connectivity index (χ4v) is 4.01. The fourth-order valence-electron chi connectivity index (χ4n) is 4.01. The number of aliphatic hydroxyl groups is 1. The number of ether oxygens (including phenoxy) is 2. The summed E-state index contributed by atoms with van der Waals surface area (Å²) in [6, 6.07) is 4.53. The third-order valence-corrected chi connectivity index (χ3v) is 6.56. The van der Waals surface area contributed by atoms with Crippen LogP contribution < -0.4 is 5.32 Å². The van der Waals surface area contributed by atoms with Gasteiger partial charge in [0.2, 0.25) is 5.95 Å². The number of hydrogen-bond donors (Lipinski definition) is 2. The van der Waals surface area contributed by atoms with Gasteiger partial charge in [-0.3, -0.25) is 4.79 Å². The first-order chi connectivity index (χ1) is 20.1. The summed E-state index contributed by atoms with van der Waals surface area (Å²) in [5.41, 5.74) is 3.64. The summed E-state index contributed by atoms with van der Waals surface area (Å²) in [6.45, 7) is 4.77. The molecule has 2 N–H and O–H groups in total. The van der Waals surface area contributed by atoms with Gasteiger partial charge in [-0.2, -0.15) is 0 Å². The first-order valence-electron chi connectivity index (χ1n) is 13.6. The topological polar surface area (TPSA) is 93.6 Å². The molecule has 1 aromatic carbocycles. The van der Waals surface area contributed by atoms with Crippen LogP contribution in [-0.4, -0.2) is 41.0 Å². The van der Waals surface area contributed by atoms with E-state index >= 15 is 0 Å². The highest BCUT2D eigenvalue weighted by Crippen LogP contribution is 2.36. The molecule has 0 aliphatic carbocycles. The molecule has 0 saturated heterocycles. The minimum Gasteiger partial charge on any atom is -0.495 e. The van der Waals surface area contributed by atoms with E-state index < -0.39 is 17.7 Å². The number of allylic oxidation sites excluding steroid dienone is 5. The van der Waals surface area contributed by atoms with Gasteiger partial charge in [-0.25, -0.2) is 23.1 Å². The van der Waals surface area contributed by atoms with Gasteiger partial charge < -0.3 is 19.9 Å². The number of nitrogens with zero attached hydrogens (tertiary/aromatic N) is 2. The van der Waals surface area contributed by atoms with Gasteiger partial charge >= 0.3 is 0 Å². The number of rotatable bonds is 15. The second-order valence-corrected chi connectivity index (χ2v) is 10.2. The van der Waals surface area contributed by atoms with Crippen molar-refractivity contribution in [2.24, 2.45) is 5.41 Å². The maximum atomic E-state index is 15.0. The summed E-state index contributed by atoms with van der Waals surface area (Å²) in [6.07, 6.45) is 8.57. The number of aromatic nitrogens is 2. The molecule has 3 rings (SSSR count). The lowest BCUT2D eigenvalue weighted by molar-refractivity contribution is -0.117. The Morgan fingerprint density at radius 1 is 1.19 bits per heavy atom. The van der Waals surface area contributed by atoms with Crippen molar-refractivity contribution in [3.8, 4) is 11.1 Å². The van der Waals surface area contributed by atoms with E-state index in [1.165, 1.54) is 32.1 Å². The van der Waals surface area contributed by atoms with Gasteiger partial charge in [0.25, 0.3) is 6.43 Å². The van der Waals surface area contributed by atoms with Crippen LogP contribution in [0.1, 0.15) is 52.0 Å². The largest absolute Gasteiger partial charge is 0.495 e. The van der Waals surface area contributed by atoms with Crippen LogP contribution in [0.4, 0.5) is 19.1 Å². The highest BCUT2D eigenvalue weighted by atomic mass is 19.3. The first-order valence-corrected chi connectivity index (χ1v) is 13.6. The molecule has 0 bridgehead atoms. The SMILES string of the molecule is CC/C=C(OC)/C(=C\CCCO)Nc1ncc(-c2ccc(CC(=O)CC3=C=COC(C(C)(C)C(F)F)=C3)c(F)c2)cn1. The number of methoxy groups -OCH3 is 1. The molecule has 0 atom stereocenters. The number of ketones is 1. The van der Waals surface area contributed by atoms with Gasteiger partial charge in [-0.05, 0) is 62.5 Å². The number of halogens is 3. The van der Waals surface area contributed by atoms with Gasteiger partial charge in [-0.15, -0.1) is 0 Å². The Morgan fingerprint density at radius 2 is 1.93 bits per heavy atom. The smallest absolute Gasteiger partial charge is 0.250 e. The first kappa shape index (κ1) is 32.4. The van der Waals surface area contributed by atoms with Crippen molar-refractivity contribution >= 4 is 11.7 Å². The standard InChI is InChI=1S/C32H36F3N3O4/c1-5-8-28(41-4)27(9-6-7-13-39)38-31-36-19-24(20-37-31)22-10-11-23(26(33)18-22)17-25(40)15-21-12-14-42-29(16-21)32(2,3)30(34)35/h8-11,14,16,18-20,30,39H,5-7,13,15,17H2,1-4H3,(H,36,37,38)/b27-9+,28-8-. The summed E-state index contributed by atoms with van der Waals surface area (Å²) in [5.74, 6) is 0.148. The Labute approximate surface area is 244 Å². The van der Waals surface area contributed by atoms with Gasteiger partial charge in [0, 0.05) is 43.0 Å². The van der Waals surface area contributed by atoms with E-state index in [1.807, 2.05) is 19.1 Å². The molecule has 7 nitrogen and oxygen atoms in total. The van der Waals surface area contributed by atoms with Gasteiger partial charge in [0.15, 0.2) is 0 Å². The normalized spacial score (nSPS) is 13.9. The van der Waals surface area contributed by atoms with Crippen LogP contribution in [0.25, 0.3) is 11.1 Å². The summed E-state index contributed by atoms with van der Waals surface area (Å²) in [5, 5.41) is 12.2. The predicted molar refractivity (Wildman–Crippen MR) is 155 cm³/mol.